The van der Waals surface area contributed by atoms with Crippen LogP contribution in [0.4, 0.5) is 0 Å². The molecule has 0 aromatic heterocycles. The lowest BCUT2D eigenvalue weighted by atomic mass is 10.2. The van der Waals surface area contributed by atoms with E-state index >= 15 is 0 Å². The van der Waals surface area contributed by atoms with Crippen molar-refractivity contribution in [3.63, 3.8) is 0 Å². The molecule has 0 atom stereocenters. The molecular formula is C8H16N2O3. The first-order chi connectivity index (χ1) is 6.16. The van der Waals surface area contributed by atoms with E-state index in [0.717, 1.165) is 12.8 Å². The Morgan fingerprint density at radius 2 is 1.92 bits per heavy atom. The van der Waals surface area contributed by atoms with Crippen LogP contribution >= 0.6 is 0 Å². The molecule has 0 heterocycles. The maximum absolute atomic E-state index is 11.0. The summed E-state index contributed by atoms with van der Waals surface area (Å²) in [7, 11) is 0. The maximum atomic E-state index is 11.0. The summed E-state index contributed by atoms with van der Waals surface area (Å²) in [6.07, 6.45) is 1.99. The van der Waals surface area contributed by atoms with Crippen LogP contribution in [-0.4, -0.2) is 30.1 Å². The molecule has 0 rings (SSSR count). The fraction of sp³-hybridized carbons (Fsp3) is 0.750. The first-order valence-electron chi connectivity index (χ1n) is 4.35. The zero-order valence-electron chi connectivity index (χ0n) is 7.58. The van der Waals surface area contributed by atoms with Crippen molar-refractivity contribution in [3.8, 4) is 0 Å². The van der Waals surface area contributed by atoms with E-state index in [1.807, 2.05) is 0 Å². The molecule has 0 aliphatic heterocycles. The van der Waals surface area contributed by atoms with Crippen LogP contribution in [0.25, 0.3) is 0 Å². The molecule has 0 bridgehead atoms. The zero-order valence-corrected chi connectivity index (χ0v) is 7.58. The second-order valence-electron chi connectivity index (χ2n) is 2.74. The maximum Gasteiger partial charge on any atom is 0.305 e. The molecule has 0 aromatic carbocycles. The Balaban J connectivity index is 3.25. The van der Waals surface area contributed by atoms with Gasteiger partial charge in [-0.1, -0.05) is 0 Å². The van der Waals surface area contributed by atoms with Gasteiger partial charge in [-0.15, -0.1) is 0 Å². The lowest BCUT2D eigenvalue weighted by molar-refractivity contribution is -0.136. The second-order valence-corrected chi connectivity index (χ2v) is 2.74. The minimum Gasteiger partial charge on any atom is -0.481 e. The predicted molar refractivity (Wildman–Crippen MR) is 48.2 cm³/mol. The van der Waals surface area contributed by atoms with Crippen LogP contribution in [0.1, 0.15) is 25.7 Å². The van der Waals surface area contributed by atoms with Crippen molar-refractivity contribution in [1.82, 2.24) is 5.32 Å². The summed E-state index contributed by atoms with van der Waals surface area (Å²) in [4.78, 5) is 21.0. The van der Waals surface area contributed by atoms with E-state index in [-0.39, 0.29) is 18.9 Å². The first kappa shape index (κ1) is 11.9. The van der Waals surface area contributed by atoms with Crippen molar-refractivity contribution in [3.05, 3.63) is 0 Å². The lowest BCUT2D eigenvalue weighted by Crippen LogP contribution is -2.25. The Labute approximate surface area is 77.3 Å². The molecule has 0 saturated heterocycles. The topological polar surface area (TPSA) is 92.4 Å². The van der Waals surface area contributed by atoms with Gasteiger partial charge in [-0.3, -0.25) is 9.59 Å². The van der Waals surface area contributed by atoms with Crippen molar-refractivity contribution in [2.24, 2.45) is 5.73 Å². The van der Waals surface area contributed by atoms with Gasteiger partial charge in [-0.05, 0) is 19.4 Å². The number of aliphatic carboxylic acids is 1. The number of amides is 1. The summed E-state index contributed by atoms with van der Waals surface area (Å²) < 4.78 is 0. The van der Waals surface area contributed by atoms with Crippen LogP contribution in [0.3, 0.4) is 0 Å². The Kier molecular flexibility index (Phi) is 6.91. The highest BCUT2D eigenvalue weighted by molar-refractivity contribution is 5.76. The second kappa shape index (κ2) is 7.54. The molecule has 0 fully saturated rings. The van der Waals surface area contributed by atoms with Gasteiger partial charge in [0.1, 0.15) is 0 Å². The van der Waals surface area contributed by atoms with Crippen LogP contribution in [0.5, 0.6) is 0 Å². The first-order valence-corrected chi connectivity index (χ1v) is 4.35. The number of rotatable bonds is 7. The van der Waals surface area contributed by atoms with E-state index in [2.05, 4.69) is 5.32 Å². The van der Waals surface area contributed by atoms with Gasteiger partial charge in [-0.2, -0.15) is 0 Å². The highest BCUT2D eigenvalue weighted by atomic mass is 16.4. The molecule has 0 radical (unpaired) electrons. The van der Waals surface area contributed by atoms with Gasteiger partial charge in [0.25, 0.3) is 0 Å². The third kappa shape index (κ3) is 8.81. The molecule has 0 spiro atoms. The molecule has 13 heavy (non-hydrogen) atoms. The molecule has 76 valence electrons. The minimum absolute atomic E-state index is 0.0252. The standard InChI is InChI=1S/C8H16N2O3/c9-5-2-1-3-7(11)10-6-4-8(12)13/h1-6,9H2,(H,10,11)(H,12,13). The molecule has 5 nitrogen and oxygen atoms in total. The number of unbranched alkanes of at least 4 members (excludes halogenated alkanes) is 1. The number of carbonyl (C=O) groups excluding carboxylic acids is 1. The van der Waals surface area contributed by atoms with Gasteiger partial charge in [-0.25, -0.2) is 0 Å². The lowest BCUT2D eigenvalue weighted by Gasteiger charge is -2.02. The fourth-order valence-electron chi connectivity index (χ4n) is 0.827. The molecular weight excluding hydrogens is 172 g/mol. The van der Waals surface area contributed by atoms with Crippen molar-refractivity contribution in [2.45, 2.75) is 25.7 Å². The molecule has 0 aromatic rings. The van der Waals surface area contributed by atoms with E-state index < -0.39 is 5.97 Å². The predicted octanol–water partition coefficient (Wildman–Crippen LogP) is -0.294. The van der Waals surface area contributed by atoms with Crippen LogP contribution in [0, 0.1) is 0 Å². The summed E-state index contributed by atoms with van der Waals surface area (Å²) in [5.74, 6) is -1.00. The summed E-state index contributed by atoms with van der Waals surface area (Å²) in [5.41, 5.74) is 5.25. The zero-order chi connectivity index (χ0) is 10.1. The van der Waals surface area contributed by atoms with Crippen LogP contribution in [-0.2, 0) is 9.59 Å². The largest absolute Gasteiger partial charge is 0.481 e. The van der Waals surface area contributed by atoms with Crippen molar-refractivity contribution < 1.29 is 14.7 Å². The van der Waals surface area contributed by atoms with Crippen molar-refractivity contribution >= 4 is 11.9 Å². The highest BCUT2D eigenvalue weighted by Crippen LogP contribution is 1.92. The van der Waals surface area contributed by atoms with E-state index in [4.69, 9.17) is 10.8 Å². The fourth-order valence-corrected chi connectivity index (χ4v) is 0.827. The number of carboxylic acids is 1. The van der Waals surface area contributed by atoms with Gasteiger partial charge < -0.3 is 16.2 Å². The van der Waals surface area contributed by atoms with Crippen LogP contribution in [0.2, 0.25) is 0 Å². The SMILES string of the molecule is NCCCCC(=O)NCCC(=O)O. The third-order valence-electron chi connectivity index (χ3n) is 1.52. The number of hydrogen-bond acceptors (Lipinski definition) is 3. The molecule has 0 aliphatic carbocycles. The summed E-state index contributed by atoms with van der Waals surface area (Å²) in [5, 5.41) is 10.8. The number of nitrogens with two attached hydrogens (primary N) is 1. The molecule has 1 amide bonds. The van der Waals surface area contributed by atoms with E-state index in [0.29, 0.717) is 13.0 Å². The van der Waals surface area contributed by atoms with Gasteiger partial charge >= 0.3 is 5.97 Å². The van der Waals surface area contributed by atoms with Crippen LogP contribution in [0.15, 0.2) is 0 Å². The van der Waals surface area contributed by atoms with Crippen molar-refractivity contribution in [2.75, 3.05) is 13.1 Å². The average Bonchev–Trinajstić information content (AvgIpc) is 2.04. The quantitative estimate of drug-likeness (QED) is 0.478. The third-order valence-corrected chi connectivity index (χ3v) is 1.52. The van der Waals surface area contributed by atoms with E-state index in [1.165, 1.54) is 0 Å². The number of carbonyl (C=O) groups is 2. The molecule has 0 aliphatic rings. The van der Waals surface area contributed by atoms with Crippen molar-refractivity contribution in [1.29, 1.82) is 0 Å². The Hall–Kier alpha value is -1.10. The minimum atomic E-state index is -0.901. The number of hydrogen-bond donors (Lipinski definition) is 3. The number of carboxylic acid groups (broad SMARTS) is 1. The monoisotopic (exact) mass is 188 g/mol. The van der Waals surface area contributed by atoms with Gasteiger partial charge in [0.2, 0.25) is 5.91 Å². The summed E-state index contributed by atoms with van der Waals surface area (Å²) >= 11 is 0. The Morgan fingerprint density at radius 1 is 1.23 bits per heavy atom. The summed E-state index contributed by atoms with van der Waals surface area (Å²) in [6.45, 7) is 0.791. The molecule has 0 unspecified atom stereocenters. The van der Waals surface area contributed by atoms with E-state index in [9.17, 15) is 9.59 Å². The highest BCUT2D eigenvalue weighted by Gasteiger charge is 2.01. The number of nitrogens with one attached hydrogen (secondary N) is 1. The van der Waals surface area contributed by atoms with Crippen LogP contribution < -0.4 is 11.1 Å². The molecule has 0 saturated carbocycles. The summed E-state index contributed by atoms with van der Waals surface area (Å²) in [6, 6.07) is 0. The normalized spacial score (nSPS) is 9.62. The Morgan fingerprint density at radius 3 is 2.46 bits per heavy atom. The molecule has 4 N–H and O–H groups in total. The van der Waals surface area contributed by atoms with Gasteiger partial charge in [0, 0.05) is 13.0 Å². The van der Waals surface area contributed by atoms with Gasteiger partial charge in [0.05, 0.1) is 6.42 Å². The average molecular weight is 188 g/mol. The van der Waals surface area contributed by atoms with E-state index in [1.54, 1.807) is 0 Å². The molecule has 5 heteroatoms. The smallest absolute Gasteiger partial charge is 0.305 e. The van der Waals surface area contributed by atoms with Gasteiger partial charge in [0.15, 0.2) is 0 Å². The Bertz CT molecular complexity index is 171.